The van der Waals surface area contributed by atoms with Gasteiger partial charge in [0.25, 0.3) is 5.69 Å². The number of nitro groups is 1. The fourth-order valence-electron chi connectivity index (χ4n) is 1.86. The Labute approximate surface area is 93.5 Å². The zero-order valence-corrected chi connectivity index (χ0v) is 8.87. The van der Waals surface area contributed by atoms with Crippen LogP contribution in [0.2, 0.25) is 0 Å². The number of rotatable bonds is 5. The molecule has 86 valence electrons. The Bertz CT molecular complexity index is 391. The second-order valence-corrected chi connectivity index (χ2v) is 3.89. The third kappa shape index (κ3) is 2.14. The Morgan fingerprint density at radius 2 is 2.12 bits per heavy atom. The third-order valence-electron chi connectivity index (χ3n) is 2.72. The van der Waals surface area contributed by atoms with Crippen molar-refractivity contribution in [2.45, 2.75) is 18.9 Å². The molecule has 0 bridgehead atoms. The van der Waals surface area contributed by atoms with Crippen molar-refractivity contribution in [1.82, 2.24) is 0 Å². The number of aliphatic hydroxyl groups excluding tert-OH is 1. The Kier molecular flexibility index (Phi) is 3.05. The standard InChI is InChI=1S/C11H14N2O3/c14-8-7-12(9-5-6-9)10-3-1-2-4-11(10)13(15)16/h1-4,9,14H,5-8H2. The number of aliphatic hydroxyl groups is 1. The summed E-state index contributed by atoms with van der Waals surface area (Å²) in [6.45, 7) is 0.470. The molecule has 2 rings (SSSR count). The monoisotopic (exact) mass is 222 g/mol. The van der Waals surface area contributed by atoms with Crippen LogP contribution in [0.15, 0.2) is 24.3 Å². The summed E-state index contributed by atoms with van der Waals surface area (Å²) >= 11 is 0. The quantitative estimate of drug-likeness (QED) is 0.606. The molecule has 0 radical (unpaired) electrons. The molecular weight excluding hydrogens is 208 g/mol. The Morgan fingerprint density at radius 3 is 2.69 bits per heavy atom. The van der Waals surface area contributed by atoms with Crippen LogP contribution < -0.4 is 4.90 Å². The number of hydrogen-bond acceptors (Lipinski definition) is 4. The first-order valence-electron chi connectivity index (χ1n) is 5.35. The van der Waals surface area contributed by atoms with Crippen molar-refractivity contribution in [3.8, 4) is 0 Å². The van der Waals surface area contributed by atoms with Gasteiger partial charge in [0.15, 0.2) is 0 Å². The maximum absolute atomic E-state index is 10.9. The van der Waals surface area contributed by atoms with E-state index in [9.17, 15) is 10.1 Å². The van der Waals surface area contributed by atoms with Gasteiger partial charge in [0.2, 0.25) is 0 Å². The third-order valence-corrected chi connectivity index (χ3v) is 2.72. The highest BCUT2D eigenvalue weighted by atomic mass is 16.6. The molecule has 1 aliphatic rings. The van der Waals surface area contributed by atoms with Gasteiger partial charge in [0.1, 0.15) is 5.69 Å². The predicted octanol–water partition coefficient (Wildman–Crippen LogP) is 1.56. The Balaban J connectivity index is 2.32. The van der Waals surface area contributed by atoms with Crippen molar-refractivity contribution in [1.29, 1.82) is 0 Å². The molecule has 0 saturated heterocycles. The minimum atomic E-state index is -0.373. The average Bonchev–Trinajstić information content (AvgIpc) is 3.10. The van der Waals surface area contributed by atoms with E-state index < -0.39 is 0 Å². The zero-order valence-electron chi connectivity index (χ0n) is 8.87. The van der Waals surface area contributed by atoms with Crippen molar-refractivity contribution < 1.29 is 10.0 Å². The summed E-state index contributed by atoms with van der Waals surface area (Å²) < 4.78 is 0. The van der Waals surface area contributed by atoms with Crippen LogP contribution in [-0.2, 0) is 0 Å². The predicted molar refractivity (Wildman–Crippen MR) is 60.6 cm³/mol. The molecule has 0 unspecified atom stereocenters. The van der Waals surface area contributed by atoms with Crippen LogP contribution in [0.5, 0.6) is 0 Å². The molecule has 1 N–H and O–H groups in total. The number of hydrogen-bond donors (Lipinski definition) is 1. The fourth-order valence-corrected chi connectivity index (χ4v) is 1.86. The average molecular weight is 222 g/mol. The summed E-state index contributed by atoms with van der Waals surface area (Å²) in [6, 6.07) is 7.04. The molecule has 5 nitrogen and oxygen atoms in total. The number of anilines is 1. The van der Waals surface area contributed by atoms with Crippen LogP contribution >= 0.6 is 0 Å². The van der Waals surface area contributed by atoms with Gasteiger partial charge in [-0.3, -0.25) is 10.1 Å². The molecule has 0 amide bonds. The van der Waals surface area contributed by atoms with Gasteiger partial charge in [-0.15, -0.1) is 0 Å². The van der Waals surface area contributed by atoms with Crippen molar-refractivity contribution in [3.63, 3.8) is 0 Å². The molecular formula is C11H14N2O3. The zero-order chi connectivity index (χ0) is 11.5. The maximum Gasteiger partial charge on any atom is 0.292 e. The Morgan fingerprint density at radius 1 is 1.44 bits per heavy atom. The number of nitro benzene ring substituents is 1. The number of nitrogens with zero attached hydrogens (tertiary/aromatic N) is 2. The lowest BCUT2D eigenvalue weighted by Crippen LogP contribution is -2.29. The second kappa shape index (κ2) is 4.49. The molecule has 5 heteroatoms. The highest BCUT2D eigenvalue weighted by molar-refractivity contribution is 5.64. The molecule has 1 saturated carbocycles. The van der Waals surface area contributed by atoms with Crippen LogP contribution in [0.4, 0.5) is 11.4 Å². The minimum absolute atomic E-state index is 0.0164. The lowest BCUT2D eigenvalue weighted by atomic mass is 10.2. The van der Waals surface area contributed by atoms with E-state index in [1.807, 2.05) is 4.90 Å². The second-order valence-electron chi connectivity index (χ2n) is 3.89. The largest absolute Gasteiger partial charge is 0.395 e. The summed E-state index contributed by atoms with van der Waals surface area (Å²) in [7, 11) is 0. The smallest absolute Gasteiger partial charge is 0.292 e. The maximum atomic E-state index is 10.9. The molecule has 1 aromatic rings. The van der Waals surface area contributed by atoms with Crippen molar-refractivity contribution in [3.05, 3.63) is 34.4 Å². The van der Waals surface area contributed by atoms with E-state index in [0.29, 0.717) is 18.3 Å². The fraction of sp³-hybridized carbons (Fsp3) is 0.455. The van der Waals surface area contributed by atoms with E-state index in [0.717, 1.165) is 12.8 Å². The summed E-state index contributed by atoms with van der Waals surface area (Å²) in [5, 5.41) is 19.9. The van der Waals surface area contributed by atoms with Crippen LogP contribution in [0.25, 0.3) is 0 Å². The van der Waals surface area contributed by atoms with Gasteiger partial charge in [-0.25, -0.2) is 0 Å². The number of para-hydroxylation sites is 2. The summed E-state index contributed by atoms with van der Waals surface area (Å²) in [5.74, 6) is 0. The van der Waals surface area contributed by atoms with E-state index in [1.165, 1.54) is 6.07 Å². The van der Waals surface area contributed by atoms with Gasteiger partial charge in [0, 0.05) is 18.7 Å². The molecule has 0 aliphatic heterocycles. The summed E-state index contributed by atoms with van der Waals surface area (Å²) in [4.78, 5) is 12.4. The van der Waals surface area contributed by atoms with Gasteiger partial charge in [-0.2, -0.15) is 0 Å². The topological polar surface area (TPSA) is 66.6 Å². The first kappa shape index (κ1) is 10.9. The van der Waals surface area contributed by atoms with Gasteiger partial charge in [-0.1, -0.05) is 12.1 Å². The summed E-state index contributed by atoms with van der Waals surface area (Å²) in [5.41, 5.74) is 0.729. The molecule has 1 aromatic carbocycles. The molecule has 1 fully saturated rings. The van der Waals surface area contributed by atoms with E-state index in [-0.39, 0.29) is 17.2 Å². The van der Waals surface area contributed by atoms with E-state index >= 15 is 0 Å². The van der Waals surface area contributed by atoms with Crippen LogP contribution in [0.3, 0.4) is 0 Å². The number of benzene rings is 1. The first-order valence-corrected chi connectivity index (χ1v) is 5.35. The van der Waals surface area contributed by atoms with Gasteiger partial charge in [-0.05, 0) is 18.9 Å². The summed E-state index contributed by atoms with van der Waals surface area (Å²) in [6.07, 6.45) is 2.10. The highest BCUT2D eigenvalue weighted by Crippen LogP contribution is 2.36. The lowest BCUT2D eigenvalue weighted by molar-refractivity contribution is -0.384. The molecule has 0 spiro atoms. The van der Waals surface area contributed by atoms with Crippen molar-refractivity contribution in [2.75, 3.05) is 18.1 Å². The van der Waals surface area contributed by atoms with Gasteiger partial charge in [0.05, 0.1) is 11.5 Å². The lowest BCUT2D eigenvalue weighted by Gasteiger charge is -2.23. The van der Waals surface area contributed by atoms with Crippen LogP contribution in [0.1, 0.15) is 12.8 Å². The first-order chi connectivity index (χ1) is 7.74. The van der Waals surface area contributed by atoms with Crippen molar-refractivity contribution >= 4 is 11.4 Å². The molecule has 0 atom stereocenters. The van der Waals surface area contributed by atoms with E-state index in [1.54, 1.807) is 18.2 Å². The molecule has 0 aromatic heterocycles. The van der Waals surface area contributed by atoms with Crippen LogP contribution in [-0.4, -0.2) is 29.2 Å². The highest BCUT2D eigenvalue weighted by Gasteiger charge is 2.32. The Hall–Kier alpha value is -1.62. The SMILES string of the molecule is O=[N+]([O-])c1ccccc1N(CCO)C1CC1. The van der Waals surface area contributed by atoms with Crippen LogP contribution in [0, 0.1) is 10.1 Å². The van der Waals surface area contributed by atoms with E-state index in [2.05, 4.69) is 0 Å². The molecule has 0 heterocycles. The molecule has 16 heavy (non-hydrogen) atoms. The minimum Gasteiger partial charge on any atom is -0.395 e. The van der Waals surface area contributed by atoms with Gasteiger partial charge < -0.3 is 10.0 Å². The molecule has 1 aliphatic carbocycles. The van der Waals surface area contributed by atoms with E-state index in [4.69, 9.17) is 5.11 Å². The van der Waals surface area contributed by atoms with Gasteiger partial charge >= 0.3 is 0 Å². The van der Waals surface area contributed by atoms with Crippen molar-refractivity contribution in [2.24, 2.45) is 0 Å². The normalized spacial score (nSPS) is 14.8.